The summed E-state index contributed by atoms with van der Waals surface area (Å²) in [6, 6.07) is 6.07. The number of sulfonamides is 1. The fraction of sp³-hybridized carbons (Fsp3) is 0.385. The summed E-state index contributed by atoms with van der Waals surface area (Å²) in [4.78, 5) is 0. The van der Waals surface area contributed by atoms with E-state index in [9.17, 15) is 8.42 Å². The highest BCUT2D eigenvalue weighted by atomic mass is 32.2. The number of nitrogens with zero attached hydrogens (tertiary/aromatic N) is 2. The molecule has 22 heavy (non-hydrogen) atoms. The van der Waals surface area contributed by atoms with E-state index >= 15 is 0 Å². The normalized spacial score (nSPS) is 11.6. The van der Waals surface area contributed by atoms with Gasteiger partial charge >= 0.3 is 0 Å². The summed E-state index contributed by atoms with van der Waals surface area (Å²) in [6.07, 6.45) is 1.15. The highest BCUT2D eigenvalue weighted by Crippen LogP contribution is 2.29. The SMILES string of the molecule is Cc1cccc(Nc2nnc(SCCNS(C)(=O)=O)s2)c1C. The van der Waals surface area contributed by atoms with Crippen molar-refractivity contribution in [3.05, 3.63) is 29.3 Å². The predicted octanol–water partition coefficient (Wildman–Crippen LogP) is 2.54. The zero-order chi connectivity index (χ0) is 16.2. The Bertz CT molecular complexity index is 743. The van der Waals surface area contributed by atoms with E-state index in [1.54, 1.807) is 0 Å². The largest absolute Gasteiger partial charge is 0.330 e. The van der Waals surface area contributed by atoms with Gasteiger partial charge in [-0.1, -0.05) is 35.2 Å². The summed E-state index contributed by atoms with van der Waals surface area (Å²) >= 11 is 2.93. The minimum absolute atomic E-state index is 0.378. The average Bonchev–Trinajstić information content (AvgIpc) is 2.87. The quantitative estimate of drug-likeness (QED) is 0.584. The van der Waals surface area contributed by atoms with Crippen molar-refractivity contribution in [2.75, 3.05) is 23.9 Å². The lowest BCUT2D eigenvalue weighted by molar-refractivity contribution is 0.590. The summed E-state index contributed by atoms with van der Waals surface area (Å²) in [5.41, 5.74) is 3.42. The number of aryl methyl sites for hydroxylation is 1. The molecule has 6 nitrogen and oxygen atoms in total. The van der Waals surface area contributed by atoms with Crippen LogP contribution in [0.2, 0.25) is 0 Å². The van der Waals surface area contributed by atoms with Crippen molar-refractivity contribution in [1.29, 1.82) is 0 Å². The number of thioether (sulfide) groups is 1. The average molecular weight is 359 g/mol. The molecule has 0 saturated carbocycles. The van der Waals surface area contributed by atoms with E-state index in [0.29, 0.717) is 12.3 Å². The maximum atomic E-state index is 11.0. The molecule has 0 saturated heterocycles. The standard InChI is InChI=1S/C13H18N4O2S3/c1-9-5-4-6-11(10(9)2)15-12-16-17-13(21-12)20-8-7-14-22(3,18)19/h4-6,14H,7-8H2,1-3H3,(H,15,16). The molecule has 0 fully saturated rings. The second-order valence-corrected chi connectivity index (χ2v) is 8.91. The first kappa shape index (κ1) is 17.2. The van der Waals surface area contributed by atoms with E-state index < -0.39 is 10.0 Å². The van der Waals surface area contributed by atoms with Crippen LogP contribution in [0.1, 0.15) is 11.1 Å². The van der Waals surface area contributed by atoms with E-state index in [2.05, 4.69) is 40.2 Å². The highest BCUT2D eigenvalue weighted by Gasteiger charge is 2.08. The fourth-order valence-electron chi connectivity index (χ4n) is 1.69. The molecule has 2 rings (SSSR count). The lowest BCUT2D eigenvalue weighted by Crippen LogP contribution is -2.24. The first-order valence-electron chi connectivity index (χ1n) is 6.59. The third-order valence-corrected chi connectivity index (χ3v) is 5.65. The summed E-state index contributed by atoms with van der Waals surface area (Å²) in [7, 11) is -3.13. The van der Waals surface area contributed by atoms with Crippen LogP contribution >= 0.6 is 23.1 Å². The van der Waals surface area contributed by atoms with Crippen molar-refractivity contribution in [2.24, 2.45) is 0 Å². The number of hydrogen-bond donors (Lipinski definition) is 2. The molecule has 2 N–H and O–H groups in total. The fourth-order valence-corrected chi connectivity index (χ4v) is 3.98. The first-order chi connectivity index (χ1) is 10.3. The minimum atomic E-state index is -3.13. The Hall–Kier alpha value is -1.16. The van der Waals surface area contributed by atoms with Gasteiger partial charge in [-0.15, -0.1) is 10.2 Å². The van der Waals surface area contributed by atoms with Gasteiger partial charge in [-0.25, -0.2) is 13.1 Å². The third-order valence-electron chi connectivity index (χ3n) is 2.94. The van der Waals surface area contributed by atoms with Gasteiger partial charge < -0.3 is 5.32 Å². The number of hydrogen-bond acceptors (Lipinski definition) is 7. The molecule has 0 aliphatic heterocycles. The molecule has 0 radical (unpaired) electrons. The molecule has 120 valence electrons. The summed E-state index contributed by atoms with van der Waals surface area (Å²) in [5.74, 6) is 0.616. The smallest absolute Gasteiger partial charge is 0.210 e. The molecule has 0 amide bonds. The molecular formula is C13H18N4O2S3. The summed E-state index contributed by atoms with van der Waals surface area (Å²) < 4.78 is 25.2. The Labute approximate surface area is 138 Å². The van der Waals surface area contributed by atoms with E-state index in [-0.39, 0.29) is 0 Å². The van der Waals surface area contributed by atoms with Crippen molar-refractivity contribution in [2.45, 2.75) is 18.2 Å². The molecule has 0 unspecified atom stereocenters. The van der Waals surface area contributed by atoms with Crippen LogP contribution < -0.4 is 10.0 Å². The zero-order valence-electron chi connectivity index (χ0n) is 12.6. The van der Waals surface area contributed by atoms with E-state index in [0.717, 1.165) is 21.4 Å². The van der Waals surface area contributed by atoms with Crippen molar-refractivity contribution in [3.63, 3.8) is 0 Å². The monoisotopic (exact) mass is 358 g/mol. The van der Waals surface area contributed by atoms with E-state index in [1.165, 1.54) is 34.2 Å². The topological polar surface area (TPSA) is 84.0 Å². The van der Waals surface area contributed by atoms with E-state index in [4.69, 9.17) is 0 Å². The van der Waals surface area contributed by atoms with Crippen molar-refractivity contribution in [1.82, 2.24) is 14.9 Å². The minimum Gasteiger partial charge on any atom is -0.330 e. The van der Waals surface area contributed by atoms with Gasteiger partial charge in [-0.05, 0) is 31.0 Å². The van der Waals surface area contributed by atoms with E-state index in [1.807, 2.05) is 12.1 Å². The predicted molar refractivity (Wildman–Crippen MR) is 92.7 cm³/mol. The van der Waals surface area contributed by atoms with Gasteiger partial charge in [0.05, 0.1) is 6.26 Å². The van der Waals surface area contributed by atoms with Crippen molar-refractivity contribution >= 4 is 43.9 Å². The molecule has 1 aromatic heterocycles. The zero-order valence-corrected chi connectivity index (χ0v) is 15.0. The van der Waals surface area contributed by atoms with Crippen LogP contribution in [-0.4, -0.2) is 37.2 Å². The van der Waals surface area contributed by atoms with Crippen LogP contribution in [0, 0.1) is 13.8 Å². The second-order valence-electron chi connectivity index (χ2n) is 4.76. The molecule has 9 heteroatoms. The molecule has 0 bridgehead atoms. The Morgan fingerprint density at radius 1 is 1.27 bits per heavy atom. The number of rotatable bonds is 7. The van der Waals surface area contributed by atoms with Crippen LogP contribution in [-0.2, 0) is 10.0 Å². The summed E-state index contributed by atoms with van der Waals surface area (Å²) in [6.45, 7) is 4.50. The molecule has 1 aromatic carbocycles. The summed E-state index contributed by atoms with van der Waals surface area (Å²) in [5, 5.41) is 12.2. The molecular weight excluding hydrogens is 340 g/mol. The van der Waals surface area contributed by atoms with Gasteiger partial charge in [-0.3, -0.25) is 0 Å². The van der Waals surface area contributed by atoms with Crippen molar-refractivity contribution in [3.8, 4) is 0 Å². The second kappa shape index (κ2) is 7.40. The molecule has 0 atom stereocenters. The molecule has 0 aliphatic carbocycles. The Kier molecular flexibility index (Phi) is 5.79. The van der Waals surface area contributed by atoms with Crippen LogP contribution in [0.15, 0.2) is 22.5 Å². The number of anilines is 2. The molecule has 2 aromatic rings. The van der Waals surface area contributed by atoms with Gasteiger partial charge in [0.15, 0.2) is 4.34 Å². The Balaban J connectivity index is 1.90. The van der Waals surface area contributed by atoms with Gasteiger partial charge in [0.25, 0.3) is 0 Å². The van der Waals surface area contributed by atoms with Gasteiger partial charge in [0.1, 0.15) is 0 Å². The lowest BCUT2D eigenvalue weighted by atomic mass is 10.1. The maximum Gasteiger partial charge on any atom is 0.210 e. The van der Waals surface area contributed by atoms with Crippen LogP contribution in [0.25, 0.3) is 0 Å². The van der Waals surface area contributed by atoms with Crippen molar-refractivity contribution < 1.29 is 8.42 Å². The first-order valence-corrected chi connectivity index (χ1v) is 10.3. The lowest BCUT2D eigenvalue weighted by Gasteiger charge is -2.08. The van der Waals surface area contributed by atoms with Crippen LogP contribution in [0.5, 0.6) is 0 Å². The molecule has 0 spiro atoms. The van der Waals surface area contributed by atoms with Gasteiger partial charge in [0, 0.05) is 18.0 Å². The van der Waals surface area contributed by atoms with Crippen LogP contribution in [0.3, 0.4) is 0 Å². The number of aromatic nitrogens is 2. The van der Waals surface area contributed by atoms with Crippen LogP contribution in [0.4, 0.5) is 10.8 Å². The third kappa shape index (κ3) is 5.24. The Morgan fingerprint density at radius 2 is 2.05 bits per heavy atom. The highest BCUT2D eigenvalue weighted by molar-refractivity contribution is 8.01. The Morgan fingerprint density at radius 3 is 2.77 bits per heavy atom. The molecule has 0 aliphatic rings. The molecule has 1 heterocycles. The number of benzene rings is 1. The maximum absolute atomic E-state index is 11.0. The number of nitrogens with one attached hydrogen (secondary N) is 2. The van der Waals surface area contributed by atoms with Gasteiger partial charge in [-0.2, -0.15) is 0 Å². The van der Waals surface area contributed by atoms with Gasteiger partial charge in [0.2, 0.25) is 15.2 Å².